The Bertz CT molecular complexity index is 3310. The molecule has 2 nitrogen and oxygen atoms in total. The third-order valence-corrected chi connectivity index (χ3v) is 12.7. The van der Waals surface area contributed by atoms with Crippen LogP contribution in [0.5, 0.6) is 0 Å². The van der Waals surface area contributed by atoms with Crippen LogP contribution in [0.2, 0.25) is 0 Å². The summed E-state index contributed by atoms with van der Waals surface area (Å²) < 4.78 is 4.90. The minimum Gasteiger partial charge on any atom is -0.310 e. The van der Waals surface area contributed by atoms with Crippen molar-refractivity contribution >= 4 is 61.2 Å². The van der Waals surface area contributed by atoms with Gasteiger partial charge in [0.2, 0.25) is 0 Å². The van der Waals surface area contributed by atoms with Crippen LogP contribution in [0.3, 0.4) is 0 Å². The highest BCUT2D eigenvalue weighted by Crippen LogP contribution is 2.40. The van der Waals surface area contributed by atoms with Crippen molar-refractivity contribution in [3.05, 3.63) is 210 Å². The van der Waals surface area contributed by atoms with Crippen molar-refractivity contribution in [1.29, 1.82) is 0 Å². The maximum absolute atomic E-state index is 2.48. The van der Waals surface area contributed by atoms with Crippen LogP contribution in [0, 0.1) is 0 Å². The minimum atomic E-state index is 1.05. The van der Waals surface area contributed by atoms with Gasteiger partial charge in [0.15, 0.2) is 0 Å². The normalized spacial score (nSPS) is 13.6. The molecular formula is C56H40N2. The summed E-state index contributed by atoms with van der Waals surface area (Å²) in [6.45, 7) is 0. The number of nitrogens with zero attached hydrogens (tertiary/aromatic N) is 2. The van der Waals surface area contributed by atoms with Gasteiger partial charge >= 0.3 is 0 Å². The van der Waals surface area contributed by atoms with Crippen LogP contribution in [0.4, 0.5) is 0 Å². The standard InChI is InChI=1S/C56H40N2/c1-3-11-41-33-43(19-17-37(41)9-1)45-25-31-51-49-13-5-7-15-53(49)57(55(51)35-45)47-27-21-39(22-28-47)40-23-29-48(30-24-40)58-54-16-8-6-14-50(54)52-32-26-46(36-56(52)58)44-20-18-38-10-2-4-12-42(38)34-44/h1-3,5-11,13-25,27-31,33-36H,4,12,26,32H2. The summed E-state index contributed by atoms with van der Waals surface area (Å²) >= 11 is 0. The second kappa shape index (κ2) is 13.2. The summed E-state index contributed by atoms with van der Waals surface area (Å²) in [4.78, 5) is 0. The van der Waals surface area contributed by atoms with Crippen LogP contribution in [-0.2, 0) is 12.8 Å². The van der Waals surface area contributed by atoms with Gasteiger partial charge in [-0.3, -0.25) is 0 Å². The first-order valence-corrected chi connectivity index (χ1v) is 20.6. The lowest BCUT2D eigenvalue weighted by Crippen LogP contribution is -2.04. The quantitative estimate of drug-likeness (QED) is 0.166. The molecule has 2 heteroatoms. The van der Waals surface area contributed by atoms with Crippen molar-refractivity contribution in [3.63, 3.8) is 0 Å². The molecular weight excluding hydrogens is 701 g/mol. The molecule has 2 aromatic heterocycles. The number of rotatable bonds is 5. The van der Waals surface area contributed by atoms with Crippen LogP contribution in [0.25, 0.3) is 94.8 Å². The highest BCUT2D eigenvalue weighted by Gasteiger charge is 2.22. The van der Waals surface area contributed by atoms with Crippen molar-refractivity contribution in [1.82, 2.24) is 9.13 Å². The molecule has 12 rings (SSSR count). The molecule has 58 heavy (non-hydrogen) atoms. The number of benzene rings is 8. The SMILES string of the molecule is C1=Cc2ccc(C3=Cc4c(c5ccccc5n4-c4ccc(-c5ccc(-n6c7ccccc7c7ccc(-c8ccc9ccccc9c8)cc76)cc5)cc4)CC3)cc2CC1. The molecule has 0 radical (unpaired) electrons. The highest BCUT2D eigenvalue weighted by atomic mass is 15.0. The van der Waals surface area contributed by atoms with Gasteiger partial charge in [-0.05, 0) is 141 Å². The second-order valence-corrected chi connectivity index (χ2v) is 16.0. The maximum Gasteiger partial charge on any atom is 0.0547 e. The van der Waals surface area contributed by atoms with E-state index in [2.05, 4.69) is 203 Å². The summed E-state index contributed by atoms with van der Waals surface area (Å²) in [6, 6.07) is 65.3. The highest BCUT2D eigenvalue weighted by molar-refractivity contribution is 6.10. The van der Waals surface area contributed by atoms with Crippen molar-refractivity contribution in [2.24, 2.45) is 0 Å². The fourth-order valence-corrected chi connectivity index (χ4v) is 9.78. The topological polar surface area (TPSA) is 9.86 Å². The summed E-state index contributed by atoms with van der Waals surface area (Å²) in [5, 5.41) is 6.41. The number of aromatic nitrogens is 2. The number of allylic oxidation sites excluding steroid dienone is 2. The zero-order chi connectivity index (χ0) is 38.2. The fraction of sp³-hybridized carbons (Fsp3) is 0.0714. The van der Waals surface area contributed by atoms with E-state index >= 15 is 0 Å². The van der Waals surface area contributed by atoms with E-state index in [1.165, 1.54) is 105 Å². The number of para-hydroxylation sites is 2. The van der Waals surface area contributed by atoms with Gasteiger partial charge in [-0.2, -0.15) is 0 Å². The predicted octanol–water partition coefficient (Wildman–Crippen LogP) is 14.7. The monoisotopic (exact) mass is 740 g/mol. The first-order chi connectivity index (χ1) is 28.7. The lowest BCUT2D eigenvalue weighted by Gasteiger charge is -2.19. The molecule has 0 saturated carbocycles. The molecule has 8 aromatic carbocycles. The Labute approximate surface area is 338 Å². The Morgan fingerprint density at radius 2 is 1.02 bits per heavy atom. The molecule has 0 N–H and O–H groups in total. The predicted molar refractivity (Wildman–Crippen MR) is 246 cm³/mol. The molecule has 0 amide bonds. The van der Waals surface area contributed by atoms with Crippen molar-refractivity contribution in [2.45, 2.75) is 25.7 Å². The van der Waals surface area contributed by atoms with Crippen molar-refractivity contribution < 1.29 is 0 Å². The smallest absolute Gasteiger partial charge is 0.0547 e. The van der Waals surface area contributed by atoms with Gasteiger partial charge in [0.1, 0.15) is 0 Å². The fourth-order valence-electron chi connectivity index (χ4n) is 9.78. The van der Waals surface area contributed by atoms with Crippen LogP contribution >= 0.6 is 0 Å². The van der Waals surface area contributed by atoms with Gasteiger partial charge in [-0.25, -0.2) is 0 Å². The Morgan fingerprint density at radius 3 is 1.83 bits per heavy atom. The summed E-state index contributed by atoms with van der Waals surface area (Å²) in [6.07, 6.45) is 11.4. The third kappa shape index (κ3) is 5.33. The van der Waals surface area contributed by atoms with Gasteiger partial charge < -0.3 is 9.13 Å². The lowest BCUT2D eigenvalue weighted by molar-refractivity contribution is 0.970. The average Bonchev–Trinajstić information content (AvgIpc) is 3.81. The molecule has 274 valence electrons. The first-order valence-electron chi connectivity index (χ1n) is 20.6. The zero-order valence-corrected chi connectivity index (χ0v) is 32.2. The number of aryl methyl sites for hydroxylation is 2. The van der Waals surface area contributed by atoms with Crippen LogP contribution in [-0.4, -0.2) is 9.13 Å². The Hall–Kier alpha value is -7.16. The molecule has 0 atom stereocenters. The molecule has 10 aromatic rings. The second-order valence-electron chi connectivity index (χ2n) is 16.0. The molecule has 2 aliphatic rings. The molecule has 0 aliphatic heterocycles. The van der Waals surface area contributed by atoms with Gasteiger partial charge in [0.05, 0.1) is 22.2 Å². The van der Waals surface area contributed by atoms with Gasteiger partial charge in [-0.15, -0.1) is 0 Å². The average molecular weight is 741 g/mol. The molecule has 2 heterocycles. The zero-order valence-electron chi connectivity index (χ0n) is 32.2. The van der Waals surface area contributed by atoms with E-state index in [-0.39, 0.29) is 0 Å². The Kier molecular flexibility index (Phi) is 7.53. The maximum atomic E-state index is 2.48. The van der Waals surface area contributed by atoms with Crippen LogP contribution in [0.15, 0.2) is 182 Å². The largest absolute Gasteiger partial charge is 0.310 e. The molecule has 0 fully saturated rings. The van der Waals surface area contributed by atoms with E-state index in [9.17, 15) is 0 Å². The molecule has 0 bridgehead atoms. The first kappa shape index (κ1) is 33.0. The lowest BCUT2D eigenvalue weighted by atomic mass is 9.88. The van der Waals surface area contributed by atoms with Crippen LogP contribution in [0.1, 0.15) is 40.8 Å². The Morgan fingerprint density at radius 1 is 0.397 bits per heavy atom. The summed E-state index contributed by atoms with van der Waals surface area (Å²) in [7, 11) is 0. The number of fused-ring (bicyclic) bond motifs is 8. The van der Waals surface area contributed by atoms with E-state index in [1.807, 2.05) is 0 Å². The van der Waals surface area contributed by atoms with Gasteiger partial charge in [0, 0.05) is 27.5 Å². The van der Waals surface area contributed by atoms with E-state index < -0.39 is 0 Å². The summed E-state index contributed by atoms with van der Waals surface area (Å²) in [5.74, 6) is 0. The summed E-state index contributed by atoms with van der Waals surface area (Å²) in [5.41, 5.74) is 19.3. The minimum absolute atomic E-state index is 1.05. The third-order valence-electron chi connectivity index (χ3n) is 12.7. The molecule has 0 spiro atoms. The molecule has 0 unspecified atom stereocenters. The molecule has 0 saturated heterocycles. The molecule has 2 aliphatic carbocycles. The van der Waals surface area contributed by atoms with Crippen molar-refractivity contribution in [3.8, 4) is 33.6 Å². The van der Waals surface area contributed by atoms with E-state index in [0.29, 0.717) is 0 Å². The van der Waals surface area contributed by atoms with E-state index in [4.69, 9.17) is 0 Å². The van der Waals surface area contributed by atoms with E-state index in [0.717, 1.165) is 31.4 Å². The van der Waals surface area contributed by atoms with Gasteiger partial charge in [-0.1, -0.05) is 140 Å². The number of hydrogen-bond acceptors (Lipinski definition) is 0. The Balaban J connectivity index is 0.900. The van der Waals surface area contributed by atoms with Crippen molar-refractivity contribution in [2.75, 3.05) is 0 Å². The van der Waals surface area contributed by atoms with E-state index in [1.54, 1.807) is 0 Å². The van der Waals surface area contributed by atoms with Crippen LogP contribution < -0.4 is 0 Å². The van der Waals surface area contributed by atoms with Gasteiger partial charge in [0.25, 0.3) is 0 Å². The number of hydrogen-bond donors (Lipinski definition) is 0.